The monoisotopic (exact) mass is 286 g/mol. The highest BCUT2D eigenvalue weighted by atomic mass is 19.1. The number of ether oxygens (including phenoxy) is 1. The summed E-state index contributed by atoms with van der Waals surface area (Å²) in [6.45, 7) is 0. The number of nitrogens with one attached hydrogen (secondary N) is 1. The smallest absolute Gasteiger partial charge is 0.163 e. The van der Waals surface area contributed by atoms with Gasteiger partial charge in [0.15, 0.2) is 11.5 Å². The number of benzene rings is 2. The number of methoxy groups -OCH3 is 1. The molecule has 0 bridgehead atoms. The Morgan fingerprint density at radius 1 is 1.24 bits per heavy atom. The van der Waals surface area contributed by atoms with Crippen molar-refractivity contribution in [3.63, 3.8) is 0 Å². The second-order valence-corrected chi connectivity index (χ2v) is 4.85. The van der Waals surface area contributed by atoms with Crippen LogP contribution in [0.15, 0.2) is 47.6 Å². The molecule has 108 valence electrons. The maximum atomic E-state index is 12.9. The van der Waals surface area contributed by atoms with Gasteiger partial charge in [-0.3, -0.25) is 0 Å². The van der Waals surface area contributed by atoms with E-state index in [9.17, 15) is 9.50 Å². The summed E-state index contributed by atoms with van der Waals surface area (Å²) < 4.78 is 18.1. The number of hydrogen-bond donors (Lipinski definition) is 2. The van der Waals surface area contributed by atoms with Gasteiger partial charge in [-0.15, -0.1) is 0 Å². The predicted molar refractivity (Wildman–Crippen MR) is 78.1 cm³/mol. The molecule has 0 aromatic heterocycles. The molecule has 3 rings (SSSR count). The van der Waals surface area contributed by atoms with E-state index in [0.29, 0.717) is 12.2 Å². The van der Waals surface area contributed by atoms with E-state index in [1.54, 1.807) is 18.2 Å². The molecule has 21 heavy (non-hydrogen) atoms. The summed E-state index contributed by atoms with van der Waals surface area (Å²) in [6.07, 6.45) is 0.617. The van der Waals surface area contributed by atoms with Crippen LogP contribution in [0.1, 0.15) is 23.6 Å². The van der Waals surface area contributed by atoms with Crippen molar-refractivity contribution < 1.29 is 14.2 Å². The van der Waals surface area contributed by atoms with Crippen LogP contribution in [-0.4, -0.2) is 17.9 Å². The van der Waals surface area contributed by atoms with Crippen LogP contribution in [0, 0.1) is 5.82 Å². The van der Waals surface area contributed by atoms with Crippen LogP contribution in [0.2, 0.25) is 0 Å². The fourth-order valence-corrected chi connectivity index (χ4v) is 2.43. The molecule has 2 aromatic carbocycles. The van der Waals surface area contributed by atoms with E-state index in [0.717, 1.165) is 16.8 Å². The molecule has 1 aliphatic rings. The molecule has 0 radical (unpaired) electrons. The van der Waals surface area contributed by atoms with Crippen LogP contribution >= 0.6 is 0 Å². The van der Waals surface area contributed by atoms with Crippen LogP contribution in [0.25, 0.3) is 0 Å². The second kappa shape index (κ2) is 5.44. The SMILES string of the molecule is COc1cccc(C2CC(c3ccc(F)cc3)=NN2)c1O. The summed E-state index contributed by atoms with van der Waals surface area (Å²) in [5, 5.41) is 14.5. The first-order chi connectivity index (χ1) is 10.2. The van der Waals surface area contributed by atoms with Gasteiger partial charge in [0.1, 0.15) is 5.82 Å². The second-order valence-electron chi connectivity index (χ2n) is 4.85. The third-order valence-corrected chi connectivity index (χ3v) is 3.56. The Balaban J connectivity index is 1.82. The standard InChI is InChI=1S/C16H15FN2O2/c1-21-15-4-2-3-12(16(15)20)14-9-13(18-19-14)10-5-7-11(17)8-6-10/h2-8,14,19-20H,9H2,1H3. The number of halogens is 1. The minimum atomic E-state index is -0.271. The molecule has 0 fully saturated rings. The normalized spacial score (nSPS) is 17.2. The number of rotatable bonds is 3. The third kappa shape index (κ3) is 2.54. The molecule has 1 aliphatic heterocycles. The van der Waals surface area contributed by atoms with Gasteiger partial charge in [-0.25, -0.2) is 4.39 Å². The number of hydrazone groups is 1. The molecule has 5 heteroatoms. The van der Waals surface area contributed by atoms with Crippen molar-refractivity contribution in [3.05, 3.63) is 59.4 Å². The van der Waals surface area contributed by atoms with Crippen molar-refractivity contribution in [1.82, 2.24) is 5.43 Å². The van der Waals surface area contributed by atoms with Gasteiger partial charge in [-0.1, -0.05) is 24.3 Å². The highest BCUT2D eigenvalue weighted by Crippen LogP contribution is 2.36. The summed E-state index contributed by atoms with van der Waals surface area (Å²) in [5.74, 6) is 0.282. The van der Waals surface area contributed by atoms with E-state index >= 15 is 0 Å². The summed E-state index contributed by atoms with van der Waals surface area (Å²) in [6, 6.07) is 11.5. The zero-order valence-corrected chi connectivity index (χ0v) is 11.5. The molecule has 0 amide bonds. The number of para-hydroxylation sites is 1. The zero-order chi connectivity index (χ0) is 14.8. The Labute approximate surface area is 121 Å². The largest absolute Gasteiger partial charge is 0.504 e. The van der Waals surface area contributed by atoms with Gasteiger partial charge in [-0.2, -0.15) is 5.10 Å². The predicted octanol–water partition coefficient (Wildman–Crippen LogP) is 2.98. The quantitative estimate of drug-likeness (QED) is 0.912. The van der Waals surface area contributed by atoms with Gasteiger partial charge in [0.25, 0.3) is 0 Å². The average Bonchev–Trinajstić information content (AvgIpc) is 2.98. The summed E-state index contributed by atoms with van der Waals surface area (Å²) in [5.41, 5.74) is 5.44. The van der Waals surface area contributed by atoms with Gasteiger partial charge in [0.2, 0.25) is 0 Å². The molecule has 0 saturated heterocycles. The van der Waals surface area contributed by atoms with Crippen LogP contribution in [0.3, 0.4) is 0 Å². The third-order valence-electron chi connectivity index (χ3n) is 3.56. The zero-order valence-electron chi connectivity index (χ0n) is 11.5. The molecule has 4 nitrogen and oxygen atoms in total. The van der Waals surface area contributed by atoms with Gasteiger partial charge in [-0.05, 0) is 23.8 Å². The molecule has 2 N–H and O–H groups in total. The molecular formula is C16H15FN2O2. The van der Waals surface area contributed by atoms with E-state index < -0.39 is 0 Å². The number of aromatic hydroxyl groups is 1. The lowest BCUT2D eigenvalue weighted by molar-refractivity contribution is 0.367. The van der Waals surface area contributed by atoms with E-state index in [1.807, 2.05) is 12.1 Å². The Morgan fingerprint density at radius 3 is 2.71 bits per heavy atom. The average molecular weight is 286 g/mol. The Morgan fingerprint density at radius 2 is 2.00 bits per heavy atom. The minimum absolute atomic E-state index is 0.119. The molecular weight excluding hydrogens is 271 g/mol. The maximum absolute atomic E-state index is 12.9. The molecule has 0 aliphatic carbocycles. The summed E-state index contributed by atoms with van der Waals surface area (Å²) >= 11 is 0. The molecule has 0 spiro atoms. The lowest BCUT2D eigenvalue weighted by Gasteiger charge is -2.14. The minimum Gasteiger partial charge on any atom is -0.504 e. The van der Waals surface area contributed by atoms with Crippen LogP contribution in [0.5, 0.6) is 11.5 Å². The number of phenolic OH excluding ortho intramolecular Hbond substituents is 1. The van der Waals surface area contributed by atoms with Crippen LogP contribution in [-0.2, 0) is 0 Å². The van der Waals surface area contributed by atoms with Crippen molar-refractivity contribution in [1.29, 1.82) is 0 Å². The molecule has 1 atom stereocenters. The van der Waals surface area contributed by atoms with Gasteiger partial charge >= 0.3 is 0 Å². The molecule has 2 aromatic rings. The van der Waals surface area contributed by atoms with Gasteiger partial charge in [0, 0.05) is 12.0 Å². The Kier molecular flexibility index (Phi) is 3.48. The van der Waals surface area contributed by atoms with Crippen molar-refractivity contribution in [2.45, 2.75) is 12.5 Å². The van der Waals surface area contributed by atoms with Crippen LogP contribution < -0.4 is 10.2 Å². The highest BCUT2D eigenvalue weighted by molar-refractivity contribution is 6.01. The van der Waals surface area contributed by atoms with E-state index in [4.69, 9.17) is 4.74 Å². The van der Waals surface area contributed by atoms with Gasteiger partial charge in [0.05, 0.1) is 18.9 Å². The summed E-state index contributed by atoms with van der Waals surface area (Å²) in [7, 11) is 1.52. The maximum Gasteiger partial charge on any atom is 0.163 e. The topological polar surface area (TPSA) is 53.8 Å². The van der Waals surface area contributed by atoms with Gasteiger partial charge < -0.3 is 15.3 Å². The first-order valence-electron chi connectivity index (χ1n) is 6.63. The highest BCUT2D eigenvalue weighted by Gasteiger charge is 2.24. The van der Waals surface area contributed by atoms with Crippen molar-refractivity contribution in [2.75, 3.05) is 7.11 Å². The Hall–Kier alpha value is -2.56. The fourth-order valence-electron chi connectivity index (χ4n) is 2.43. The lowest BCUT2D eigenvalue weighted by Crippen LogP contribution is -2.10. The van der Waals surface area contributed by atoms with E-state index in [1.165, 1.54) is 19.2 Å². The summed E-state index contributed by atoms with van der Waals surface area (Å²) in [4.78, 5) is 0. The molecule has 0 saturated carbocycles. The number of hydrogen-bond acceptors (Lipinski definition) is 4. The number of nitrogens with zero attached hydrogens (tertiary/aromatic N) is 1. The molecule has 1 unspecified atom stereocenters. The number of phenols is 1. The van der Waals surface area contributed by atoms with E-state index in [2.05, 4.69) is 10.5 Å². The Bertz CT molecular complexity index is 683. The van der Waals surface area contributed by atoms with Crippen molar-refractivity contribution in [2.24, 2.45) is 5.10 Å². The fraction of sp³-hybridized carbons (Fsp3) is 0.188. The van der Waals surface area contributed by atoms with E-state index in [-0.39, 0.29) is 17.6 Å². The first-order valence-corrected chi connectivity index (χ1v) is 6.63. The molecule has 1 heterocycles. The lowest BCUT2D eigenvalue weighted by atomic mass is 9.98. The van der Waals surface area contributed by atoms with Crippen LogP contribution in [0.4, 0.5) is 4.39 Å². The first kappa shape index (κ1) is 13.4. The van der Waals surface area contributed by atoms with Crippen molar-refractivity contribution in [3.8, 4) is 11.5 Å². The van der Waals surface area contributed by atoms with Crippen molar-refractivity contribution >= 4 is 5.71 Å².